The van der Waals surface area contributed by atoms with E-state index >= 15 is 0 Å². The summed E-state index contributed by atoms with van der Waals surface area (Å²) in [5.41, 5.74) is 0. The van der Waals surface area contributed by atoms with Gasteiger partial charge in [0, 0.05) is 20.6 Å². The van der Waals surface area contributed by atoms with Crippen molar-refractivity contribution >= 4 is 23.7 Å². The monoisotopic (exact) mass is 213 g/mol. The van der Waals surface area contributed by atoms with Gasteiger partial charge >= 0.3 is 0 Å². The summed E-state index contributed by atoms with van der Waals surface area (Å²) < 4.78 is 0. The number of nitrogens with one attached hydrogen (secondary N) is 1. The lowest BCUT2D eigenvalue weighted by Crippen LogP contribution is -2.15. The Labute approximate surface area is 88.3 Å². The number of thioether (sulfide) groups is 1. The van der Waals surface area contributed by atoms with Gasteiger partial charge < -0.3 is 10.2 Å². The van der Waals surface area contributed by atoms with E-state index < -0.39 is 0 Å². The summed E-state index contributed by atoms with van der Waals surface area (Å²) in [7, 11) is 3.82. The van der Waals surface area contributed by atoms with Gasteiger partial charge in [-0.25, -0.2) is 0 Å². The first-order valence-corrected chi connectivity index (χ1v) is 5.61. The number of aromatic nitrogens is 3. The van der Waals surface area contributed by atoms with Crippen LogP contribution in [0.1, 0.15) is 6.92 Å². The molecule has 1 aromatic rings. The highest BCUT2D eigenvalue weighted by Gasteiger charge is 2.05. The third kappa shape index (κ3) is 2.73. The number of anilines is 2. The van der Waals surface area contributed by atoms with Crippen LogP contribution in [0.25, 0.3) is 0 Å². The van der Waals surface area contributed by atoms with E-state index in [1.54, 1.807) is 0 Å². The van der Waals surface area contributed by atoms with Crippen molar-refractivity contribution < 1.29 is 0 Å². The fourth-order valence-corrected chi connectivity index (χ4v) is 1.23. The number of nitrogens with zero attached hydrogens (tertiary/aromatic N) is 4. The zero-order valence-corrected chi connectivity index (χ0v) is 9.72. The topological polar surface area (TPSA) is 53.9 Å². The summed E-state index contributed by atoms with van der Waals surface area (Å²) in [4.78, 5) is 14.6. The molecule has 0 amide bonds. The normalized spacial score (nSPS) is 10.0. The van der Waals surface area contributed by atoms with Crippen molar-refractivity contribution in [1.29, 1.82) is 0 Å². The maximum atomic E-state index is 4.26. The van der Waals surface area contributed by atoms with Crippen LogP contribution in [0, 0.1) is 0 Å². The van der Waals surface area contributed by atoms with E-state index in [1.165, 1.54) is 11.8 Å². The molecule has 6 heteroatoms. The van der Waals surface area contributed by atoms with E-state index in [-0.39, 0.29) is 0 Å². The minimum Gasteiger partial charge on any atom is -0.354 e. The van der Waals surface area contributed by atoms with E-state index in [0.29, 0.717) is 11.9 Å². The van der Waals surface area contributed by atoms with Crippen LogP contribution in [-0.2, 0) is 0 Å². The van der Waals surface area contributed by atoms with Crippen molar-refractivity contribution in [3.63, 3.8) is 0 Å². The van der Waals surface area contributed by atoms with Gasteiger partial charge in [-0.15, -0.1) is 0 Å². The van der Waals surface area contributed by atoms with Crippen LogP contribution in [-0.4, -0.2) is 41.8 Å². The molecule has 0 aliphatic rings. The summed E-state index contributed by atoms with van der Waals surface area (Å²) in [6, 6.07) is 0. The lowest BCUT2D eigenvalue weighted by Gasteiger charge is -2.11. The first-order valence-electron chi connectivity index (χ1n) is 4.38. The Hall–Kier alpha value is -1.04. The van der Waals surface area contributed by atoms with Crippen LogP contribution in [0.2, 0.25) is 0 Å². The zero-order valence-electron chi connectivity index (χ0n) is 8.90. The van der Waals surface area contributed by atoms with E-state index in [1.807, 2.05) is 32.2 Å². The highest BCUT2D eigenvalue weighted by atomic mass is 32.2. The van der Waals surface area contributed by atoms with Crippen LogP contribution >= 0.6 is 11.8 Å². The second-order valence-corrected chi connectivity index (χ2v) is 3.64. The molecule has 1 aromatic heterocycles. The van der Waals surface area contributed by atoms with Crippen molar-refractivity contribution in [3.05, 3.63) is 0 Å². The molecule has 1 heterocycles. The Morgan fingerprint density at radius 1 is 1.29 bits per heavy atom. The SMILES string of the molecule is CCNc1nc(SC)nc(N(C)C)n1. The lowest BCUT2D eigenvalue weighted by atomic mass is 10.7. The van der Waals surface area contributed by atoms with E-state index in [4.69, 9.17) is 0 Å². The number of hydrogen-bond donors (Lipinski definition) is 1. The molecule has 1 N–H and O–H groups in total. The minimum absolute atomic E-state index is 0.635. The second-order valence-electron chi connectivity index (χ2n) is 2.87. The maximum Gasteiger partial charge on any atom is 0.230 e. The number of hydrogen-bond acceptors (Lipinski definition) is 6. The largest absolute Gasteiger partial charge is 0.354 e. The first kappa shape index (κ1) is 11.0. The molecular weight excluding hydrogens is 198 g/mol. The molecule has 0 aliphatic carbocycles. The molecule has 0 bridgehead atoms. The van der Waals surface area contributed by atoms with Gasteiger partial charge in [0.05, 0.1) is 0 Å². The zero-order chi connectivity index (χ0) is 10.6. The Morgan fingerprint density at radius 3 is 2.50 bits per heavy atom. The van der Waals surface area contributed by atoms with Crippen LogP contribution in [0.15, 0.2) is 5.16 Å². The maximum absolute atomic E-state index is 4.26. The van der Waals surface area contributed by atoms with Gasteiger partial charge in [0.2, 0.25) is 11.9 Å². The molecule has 0 spiro atoms. The summed E-state index contributed by atoms with van der Waals surface area (Å²) in [5, 5.41) is 3.81. The average Bonchev–Trinajstić information content (AvgIpc) is 2.17. The second kappa shape index (κ2) is 4.99. The molecule has 78 valence electrons. The fraction of sp³-hybridized carbons (Fsp3) is 0.625. The molecule has 5 nitrogen and oxygen atoms in total. The third-order valence-electron chi connectivity index (χ3n) is 1.52. The molecule has 1 rings (SSSR count). The summed E-state index contributed by atoms with van der Waals surface area (Å²) >= 11 is 1.51. The molecule has 0 saturated heterocycles. The smallest absolute Gasteiger partial charge is 0.230 e. The predicted molar refractivity (Wildman–Crippen MR) is 60.1 cm³/mol. The highest BCUT2D eigenvalue weighted by Crippen LogP contribution is 2.14. The van der Waals surface area contributed by atoms with E-state index in [0.717, 1.165) is 11.7 Å². The molecule has 0 saturated carbocycles. The van der Waals surface area contributed by atoms with Gasteiger partial charge in [-0.1, -0.05) is 11.8 Å². The number of rotatable bonds is 4. The molecular formula is C8H15N5S. The molecule has 14 heavy (non-hydrogen) atoms. The van der Waals surface area contributed by atoms with E-state index in [2.05, 4.69) is 20.3 Å². The van der Waals surface area contributed by atoms with Gasteiger partial charge in [-0.2, -0.15) is 15.0 Å². The Balaban J connectivity index is 3.00. The van der Waals surface area contributed by atoms with Gasteiger partial charge in [-0.3, -0.25) is 0 Å². The summed E-state index contributed by atoms with van der Waals surface area (Å²) in [6.45, 7) is 2.82. The van der Waals surface area contributed by atoms with Crippen molar-refractivity contribution in [2.75, 3.05) is 37.1 Å². The van der Waals surface area contributed by atoms with Crippen LogP contribution < -0.4 is 10.2 Å². The Morgan fingerprint density at radius 2 is 2.00 bits per heavy atom. The quantitative estimate of drug-likeness (QED) is 0.756. The molecule has 0 aromatic carbocycles. The van der Waals surface area contributed by atoms with Crippen molar-refractivity contribution in [1.82, 2.24) is 15.0 Å². The fourth-order valence-electron chi connectivity index (χ4n) is 0.874. The van der Waals surface area contributed by atoms with E-state index in [9.17, 15) is 0 Å². The van der Waals surface area contributed by atoms with Crippen LogP contribution in [0.4, 0.5) is 11.9 Å². The lowest BCUT2D eigenvalue weighted by molar-refractivity contribution is 0.865. The minimum atomic E-state index is 0.635. The van der Waals surface area contributed by atoms with Gasteiger partial charge in [0.1, 0.15) is 0 Å². The molecule has 0 aliphatic heterocycles. The molecule has 0 atom stereocenters. The summed E-state index contributed by atoms with van der Waals surface area (Å²) in [5.74, 6) is 1.32. The third-order valence-corrected chi connectivity index (χ3v) is 2.07. The standard InChI is InChI=1S/C8H15N5S/c1-5-9-6-10-7(13(2)3)12-8(11-6)14-4/h5H2,1-4H3,(H,9,10,11,12). The molecule has 0 radical (unpaired) electrons. The Kier molecular flexibility index (Phi) is 3.94. The molecule has 0 fully saturated rings. The highest BCUT2D eigenvalue weighted by molar-refractivity contribution is 7.98. The molecule has 0 unspecified atom stereocenters. The van der Waals surface area contributed by atoms with Crippen molar-refractivity contribution in [2.45, 2.75) is 12.1 Å². The average molecular weight is 213 g/mol. The summed E-state index contributed by atoms with van der Waals surface area (Å²) in [6.07, 6.45) is 1.95. The van der Waals surface area contributed by atoms with Crippen molar-refractivity contribution in [3.8, 4) is 0 Å². The van der Waals surface area contributed by atoms with Crippen LogP contribution in [0.3, 0.4) is 0 Å². The predicted octanol–water partition coefficient (Wildman–Crippen LogP) is 1.09. The van der Waals surface area contributed by atoms with Gasteiger partial charge in [-0.05, 0) is 13.2 Å². The van der Waals surface area contributed by atoms with Gasteiger partial charge in [0.25, 0.3) is 0 Å². The van der Waals surface area contributed by atoms with Crippen LogP contribution in [0.5, 0.6) is 0 Å². The van der Waals surface area contributed by atoms with Gasteiger partial charge in [0.15, 0.2) is 5.16 Å². The Bertz CT molecular complexity index is 302. The van der Waals surface area contributed by atoms with Crippen molar-refractivity contribution in [2.24, 2.45) is 0 Å². The first-order chi connectivity index (χ1) is 6.67.